The van der Waals surface area contributed by atoms with Gasteiger partial charge in [-0.25, -0.2) is 24.0 Å². The van der Waals surface area contributed by atoms with E-state index < -0.39 is 23.8 Å². The molecular formula is C30H32F2N6O5S. The minimum Gasteiger partial charge on any atom is -0.490 e. The van der Waals surface area contributed by atoms with E-state index in [9.17, 15) is 9.59 Å². The van der Waals surface area contributed by atoms with E-state index in [-0.39, 0.29) is 49.9 Å². The Kier molecular flexibility index (Phi) is 10.1. The summed E-state index contributed by atoms with van der Waals surface area (Å²) in [6.07, 6.45) is 4.91. The summed E-state index contributed by atoms with van der Waals surface area (Å²) in [6, 6.07) is 9.64. The SMILES string of the molecule is COC(=S)CC[C@H]1CN(c2cc(F)c(N3CCNN(C(=O)CCc4ccccc4Oc4cnccn4)CC3)c(F)c2)C(=O)O1. The van der Waals surface area contributed by atoms with Gasteiger partial charge in [-0.1, -0.05) is 18.2 Å². The van der Waals surface area contributed by atoms with Gasteiger partial charge >= 0.3 is 6.09 Å². The van der Waals surface area contributed by atoms with Crippen molar-refractivity contribution in [2.45, 2.75) is 31.8 Å². The van der Waals surface area contributed by atoms with Crippen molar-refractivity contribution in [3.8, 4) is 11.6 Å². The Hall–Kier alpha value is -4.43. The Balaban J connectivity index is 1.18. The highest BCUT2D eigenvalue weighted by molar-refractivity contribution is 7.80. The summed E-state index contributed by atoms with van der Waals surface area (Å²) in [7, 11) is 1.47. The lowest BCUT2D eigenvalue weighted by molar-refractivity contribution is -0.133. The van der Waals surface area contributed by atoms with Crippen molar-refractivity contribution in [3.05, 3.63) is 72.2 Å². The Morgan fingerprint density at radius 1 is 1.14 bits per heavy atom. The molecule has 2 aromatic carbocycles. The number of rotatable bonds is 10. The second-order valence-corrected chi connectivity index (χ2v) is 10.6. The van der Waals surface area contributed by atoms with Crippen molar-refractivity contribution in [1.82, 2.24) is 20.4 Å². The highest BCUT2D eigenvalue weighted by atomic mass is 32.1. The fraction of sp³-hybridized carbons (Fsp3) is 0.367. The van der Waals surface area contributed by atoms with Crippen LogP contribution in [0, 0.1) is 11.6 Å². The molecular weight excluding hydrogens is 594 g/mol. The number of carbonyl (C=O) groups excluding carboxylic acids is 2. The molecule has 44 heavy (non-hydrogen) atoms. The summed E-state index contributed by atoms with van der Waals surface area (Å²) in [5, 5.41) is 1.87. The topological polar surface area (TPSA) is 109 Å². The van der Waals surface area contributed by atoms with Crippen molar-refractivity contribution in [1.29, 1.82) is 0 Å². The van der Waals surface area contributed by atoms with Crippen LogP contribution in [0.3, 0.4) is 0 Å². The molecule has 2 aliphatic heterocycles. The number of hydrogen-bond acceptors (Lipinski definition) is 10. The van der Waals surface area contributed by atoms with Crippen LogP contribution >= 0.6 is 12.2 Å². The number of methoxy groups -OCH3 is 1. The third-order valence-corrected chi connectivity index (χ3v) is 7.69. The molecule has 0 bridgehead atoms. The van der Waals surface area contributed by atoms with E-state index in [2.05, 4.69) is 15.4 Å². The standard InChI is InChI=1S/C30H32F2N6O5S/c1-41-28(44)9-7-22-19-37(30(40)42-22)21-16-23(31)29(24(32)17-21)36-13-12-35-38(15-14-36)27(39)8-6-20-4-2-3-5-25(20)43-26-18-33-10-11-34-26/h2-5,10-11,16-18,22,35H,6-9,12-15,19H2,1H3/t22-/m0/s1. The van der Waals surface area contributed by atoms with Crippen LogP contribution in [0.4, 0.5) is 25.0 Å². The van der Waals surface area contributed by atoms with E-state index in [0.29, 0.717) is 42.5 Å². The number of anilines is 2. The lowest BCUT2D eigenvalue weighted by Gasteiger charge is -2.25. The molecule has 232 valence electrons. The Morgan fingerprint density at radius 3 is 2.68 bits per heavy atom. The maximum Gasteiger partial charge on any atom is 0.414 e. The molecule has 0 spiro atoms. The van der Waals surface area contributed by atoms with Crippen molar-refractivity contribution in [3.63, 3.8) is 0 Å². The second kappa shape index (κ2) is 14.4. The van der Waals surface area contributed by atoms with Gasteiger partial charge in [-0.15, -0.1) is 0 Å². The van der Waals surface area contributed by atoms with Crippen LogP contribution < -0.4 is 20.0 Å². The smallest absolute Gasteiger partial charge is 0.414 e. The quantitative estimate of drug-likeness (QED) is 0.325. The van der Waals surface area contributed by atoms with E-state index in [1.165, 1.54) is 29.4 Å². The third-order valence-electron chi connectivity index (χ3n) is 7.32. The van der Waals surface area contributed by atoms with E-state index >= 15 is 8.78 Å². The zero-order valence-corrected chi connectivity index (χ0v) is 24.9. The minimum absolute atomic E-state index is 0.0684. The van der Waals surface area contributed by atoms with Gasteiger partial charge in [-0.3, -0.25) is 19.7 Å². The van der Waals surface area contributed by atoms with Crippen LogP contribution in [0.1, 0.15) is 24.8 Å². The summed E-state index contributed by atoms with van der Waals surface area (Å²) in [5.74, 6) is -0.850. The van der Waals surface area contributed by atoms with Gasteiger partial charge in [0.1, 0.15) is 17.5 Å². The summed E-state index contributed by atoms with van der Waals surface area (Å²) < 4.78 is 46.8. The molecule has 11 nitrogen and oxygen atoms in total. The monoisotopic (exact) mass is 626 g/mol. The van der Waals surface area contributed by atoms with Gasteiger partial charge in [0.05, 0.1) is 32.1 Å². The number of hydrogen-bond donors (Lipinski definition) is 1. The fourth-order valence-corrected chi connectivity index (χ4v) is 5.20. The number of amides is 2. The molecule has 1 N–H and O–H groups in total. The zero-order chi connectivity index (χ0) is 31.1. The van der Waals surface area contributed by atoms with Gasteiger partial charge in [-0.05, 0) is 36.7 Å². The summed E-state index contributed by atoms with van der Waals surface area (Å²) in [4.78, 5) is 36.4. The number of thiocarbonyl (C=S) groups is 1. The first-order chi connectivity index (χ1) is 21.3. The van der Waals surface area contributed by atoms with Crippen LogP contribution in [0.5, 0.6) is 11.6 Å². The van der Waals surface area contributed by atoms with Crippen LogP contribution in [-0.2, 0) is 20.7 Å². The summed E-state index contributed by atoms with van der Waals surface area (Å²) >= 11 is 5.03. The number of cyclic esters (lactones) is 1. The lowest BCUT2D eigenvalue weighted by Crippen LogP contribution is -2.43. The molecule has 2 aliphatic rings. The normalized spacial score (nSPS) is 16.8. The van der Waals surface area contributed by atoms with Gasteiger partial charge < -0.3 is 19.1 Å². The van der Waals surface area contributed by atoms with Crippen molar-refractivity contribution in [2.24, 2.45) is 0 Å². The van der Waals surface area contributed by atoms with Crippen LogP contribution in [0.2, 0.25) is 0 Å². The summed E-state index contributed by atoms with van der Waals surface area (Å²) in [5.41, 5.74) is 3.75. The molecule has 1 aromatic heterocycles. The van der Waals surface area contributed by atoms with Gasteiger partial charge in [0.15, 0.2) is 16.7 Å². The average Bonchev–Trinajstić information content (AvgIpc) is 3.23. The first-order valence-electron chi connectivity index (χ1n) is 14.2. The molecule has 0 radical (unpaired) electrons. The number of halogens is 2. The Labute approximate surface area is 258 Å². The molecule has 2 amide bonds. The fourth-order valence-electron chi connectivity index (χ4n) is 5.08. The van der Waals surface area contributed by atoms with E-state index in [1.807, 2.05) is 18.2 Å². The largest absolute Gasteiger partial charge is 0.490 e. The molecule has 2 fully saturated rings. The molecule has 0 unspecified atom stereocenters. The number of nitrogens with one attached hydrogen (secondary N) is 1. The van der Waals surface area contributed by atoms with Gasteiger partial charge in [-0.2, -0.15) is 0 Å². The number of nitrogens with zero attached hydrogens (tertiary/aromatic N) is 5. The lowest BCUT2D eigenvalue weighted by atomic mass is 10.1. The van der Waals surface area contributed by atoms with Gasteiger partial charge in [0, 0.05) is 57.0 Å². The van der Waals surface area contributed by atoms with Crippen LogP contribution in [0.25, 0.3) is 0 Å². The van der Waals surface area contributed by atoms with Crippen molar-refractivity contribution in [2.75, 3.05) is 49.6 Å². The highest BCUT2D eigenvalue weighted by Gasteiger charge is 2.34. The molecule has 3 aromatic rings. The molecule has 5 rings (SSSR count). The van der Waals surface area contributed by atoms with E-state index in [4.69, 9.17) is 26.4 Å². The third kappa shape index (κ3) is 7.55. The van der Waals surface area contributed by atoms with Crippen molar-refractivity contribution < 1.29 is 32.6 Å². The number of carbonyl (C=O) groups is 2. The molecule has 1 atom stereocenters. The molecule has 0 saturated carbocycles. The Morgan fingerprint density at radius 2 is 1.93 bits per heavy atom. The van der Waals surface area contributed by atoms with Crippen LogP contribution in [0.15, 0.2) is 55.0 Å². The Bertz CT molecular complexity index is 1480. The number of ether oxygens (including phenoxy) is 3. The van der Waals surface area contributed by atoms with Gasteiger partial charge in [0.25, 0.3) is 0 Å². The minimum atomic E-state index is -0.809. The zero-order valence-electron chi connectivity index (χ0n) is 24.1. The highest BCUT2D eigenvalue weighted by Crippen LogP contribution is 2.32. The predicted molar refractivity (Wildman–Crippen MR) is 162 cm³/mol. The molecule has 0 aliphatic carbocycles. The van der Waals surface area contributed by atoms with Crippen LogP contribution in [-0.4, -0.2) is 78.0 Å². The number of aromatic nitrogens is 2. The van der Waals surface area contributed by atoms with Gasteiger partial charge in [0.2, 0.25) is 11.8 Å². The maximum absolute atomic E-state index is 15.3. The number of benzene rings is 2. The maximum atomic E-state index is 15.3. The summed E-state index contributed by atoms with van der Waals surface area (Å²) in [6.45, 7) is 1.11. The first-order valence-corrected chi connectivity index (χ1v) is 14.6. The second-order valence-electron chi connectivity index (χ2n) is 10.2. The number of hydrazine groups is 1. The predicted octanol–water partition coefficient (Wildman–Crippen LogP) is 4.41. The van der Waals surface area contributed by atoms with E-state index in [1.54, 1.807) is 17.2 Å². The van der Waals surface area contributed by atoms with E-state index in [0.717, 1.165) is 17.7 Å². The molecule has 3 heterocycles. The first kappa shape index (κ1) is 31.0. The molecule has 14 heteroatoms. The van der Waals surface area contributed by atoms with Crippen molar-refractivity contribution >= 4 is 40.6 Å². The number of para-hydroxylation sites is 1. The molecule has 2 saturated heterocycles. The number of aryl methyl sites for hydroxylation is 1. The average molecular weight is 627 g/mol.